The normalized spacial score (nSPS) is 15.2. The van der Waals surface area contributed by atoms with Gasteiger partial charge in [-0.2, -0.15) is 0 Å². The van der Waals surface area contributed by atoms with Crippen molar-refractivity contribution >= 4 is 23.6 Å². The Labute approximate surface area is 194 Å². The van der Waals surface area contributed by atoms with E-state index in [4.69, 9.17) is 9.47 Å². The molecule has 2 heterocycles. The van der Waals surface area contributed by atoms with Gasteiger partial charge in [0.25, 0.3) is 0 Å². The number of fused-ring (bicyclic) bond motifs is 1. The van der Waals surface area contributed by atoms with Gasteiger partial charge in [0, 0.05) is 6.54 Å². The Balaban J connectivity index is 0.00000289. The van der Waals surface area contributed by atoms with Gasteiger partial charge >= 0.3 is 0 Å². The van der Waals surface area contributed by atoms with E-state index in [1.54, 1.807) is 27.3 Å². The molecule has 1 aromatic carbocycles. The number of aromatic amines is 1. The Bertz CT molecular complexity index is 1130. The van der Waals surface area contributed by atoms with Crippen LogP contribution in [-0.2, 0) is 12.1 Å². The molecule has 0 saturated heterocycles. The van der Waals surface area contributed by atoms with Gasteiger partial charge in [-0.3, -0.25) is 4.99 Å². The molecule has 0 amide bonds. The summed E-state index contributed by atoms with van der Waals surface area (Å²) in [7, 11) is 1.66. The number of benzene rings is 1. The smallest absolute Gasteiger partial charge is 0.176 e. The van der Waals surface area contributed by atoms with Crippen LogP contribution in [0, 0.1) is 0 Å². The zero-order valence-corrected chi connectivity index (χ0v) is 19.9. The molecule has 0 radical (unpaired) electrons. The topological polar surface area (TPSA) is 97.6 Å². The zero-order valence-electron chi connectivity index (χ0n) is 19.1. The first-order valence-corrected chi connectivity index (χ1v) is 10.9. The summed E-state index contributed by atoms with van der Waals surface area (Å²) in [5.41, 5.74) is 1.97. The minimum Gasteiger partial charge on any atom is -0.493 e. The Kier molecular flexibility index (Phi) is 7.46. The Morgan fingerprint density at radius 1 is 1.25 bits per heavy atom. The average molecular weight is 462 g/mol. The third-order valence-corrected chi connectivity index (χ3v) is 5.56. The number of rotatable bonds is 7. The van der Waals surface area contributed by atoms with Crippen LogP contribution in [0.4, 0.5) is 0 Å². The Morgan fingerprint density at radius 2 is 2.00 bits per heavy atom. The molecule has 2 aromatic heterocycles. The second kappa shape index (κ2) is 9.92. The second-order valence-electron chi connectivity index (χ2n) is 8.52. The number of nitrogens with one attached hydrogen (secondary N) is 1. The number of nitrogens with zero attached hydrogens (tertiary/aromatic N) is 4. The van der Waals surface area contributed by atoms with E-state index in [-0.39, 0.29) is 18.5 Å². The lowest BCUT2D eigenvalue weighted by molar-refractivity contribution is 0.0699. The largest absolute Gasteiger partial charge is 0.493 e. The summed E-state index contributed by atoms with van der Waals surface area (Å²) in [5, 5.41) is 10.4. The summed E-state index contributed by atoms with van der Waals surface area (Å²) in [6.45, 7) is 6.54. The third kappa shape index (κ3) is 5.07. The summed E-state index contributed by atoms with van der Waals surface area (Å²) in [4.78, 5) is 16.8. The van der Waals surface area contributed by atoms with E-state index in [0.717, 1.165) is 35.4 Å². The van der Waals surface area contributed by atoms with Crippen molar-refractivity contribution in [2.75, 3.05) is 13.7 Å². The van der Waals surface area contributed by atoms with E-state index < -0.39 is 5.60 Å². The fourth-order valence-corrected chi connectivity index (χ4v) is 3.94. The van der Waals surface area contributed by atoms with E-state index in [1.807, 2.05) is 29.7 Å². The fraction of sp³-hybridized carbons (Fsp3) is 0.522. The highest BCUT2D eigenvalue weighted by atomic mass is 35.5. The van der Waals surface area contributed by atoms with Gasteiger partial charge in [0.1, 0.15) is 16.9 Å². The SMILES string of the molecule is CCN=c1ncn(Cc2ccc(OC)c(OC3CCCC3)c2)c2nc(C(C)(C)O)[nH]c12.Cl. The average Bonchev–Trinajstić information content (AvgIpc) is 3.40. The van der Waals surface area contributed by atoms with E-state index in [1.165, 1.54) is 12.8 Å². The summed E-state index contributed by atoms with van der Waals surface area (Å²) in [6.07, 6.45) is 6.59. The van der Waals surface area contributed by atoms with Gasteiger partial charge in [-0.15, -0.1) is 12.4 Å². The number of imidazole rings is 1. The lowest BCUT2D eigenvalue weighted by Crippen LogP contribution is -2.17. The summed E-state index contributed by atoms with van der Waals surface area (Å²) < 4.78 is 13.7. The second-order valence-corrected chi connectivity index (χ2v) is 8.52. The van der Waals surface area contributed by atoms with Crippen LogP contribution in [0.2, 0.25) is 0 Å². The molecule has 3 aromatic rings. The number of hydrogen-bond donors (Lipinski definition) is 2. The maximum atomic E-state index is 10.4. The van der Waals surface area contributed by atoms with Crippen molar-refractivity contribution in [3.8, 4) is 11.5 Å². The van der Waals surface area contributed by atoms with Crippen molar-refractivity contribution in [3.05, 3.63) is 41.4 Å². The van der Waals surface area contributed by atoms with Gasteiger partial charge in [-0.25, -0.2) is 9.97 Å². The highest BCUT2D eigenvalue weighted by molar-refractivity contribution is 5.85. The predicted octanol–water partition coefficient (Wildman–Crippen LogP) is 3.71. The van der Waals surface area contributed by atoms with Crippen LogP contribution in [0.25, 0.3) is 11.2 Å². The number of hydrogen-bond acceptors (Lipinski definition) is 6. The van der Waals surface area contributed by atoms with Gasteiger partial charge in [-0.1, -0.05) is 6.07 Å². The minimum absolute atomic E-state index is 0. The lowest BCUT2D eigenvalue weighted by Gasteiger charge is -2.17. The minimum atomic E-state index is -1.09. The molecule has 1 saturated carbocycles. The van der Waals surface area contributed by atoms with Crippen molar-refractivity contribution in [3.63, 3.8) is 0 Å². The molecular weight excluding hydrogens is 430 g/mol. The Hall–Kier alpha value is -2.58. The molecule has 0 spiro atoms. The van der Waals surface area contributed by atoms with Crippen molar-refractivity contribution in [2.24, 2.45) is 4.99 Å². The molecule has 1 aliphatic rings. The standard InChI is InChI=1S/C23H31N5O3.ClH/c1-5-24-20-19-21(27-22(26-19)23(2,3)29)28(14-25-20)13-15-10-11-17(30-4)18(12-15)31-16-8-6-7-9-16;/h10-12,14,16,29H,5-9,13H2,1-4H3,(H,26,27);1H. The number of ether oxygens (including phenoxy) is 2. The molecule has 32 heavy (non-hydrogen) atoms. The van der Waals surface area contributed by atoms with Gasteiger partial charge in [0.15, 0.2) is 22.6 Å². The highest BCUT2D eigenvalue weighted by Crippen LogP contribution is 2.32. The van der Waals surface area contributed by atoms with Crippen molar-refractivity contribution in [1.82, 2.24) is 19.5 Å². The molecule has 0 aliphatic heterocycles. The van der Waals surface area contributed by atoms with E-state index in [0.29, 0.717) is 30.0 Å². The quantitative estimate of drug-likeness (QED) is 0.559. The van der Waals surface area contributed by atoms with Crippen LogP contribution in [0.5, 0.6) is 11.5 Å². The molecule has 174 valence electrons. The van der Waals surface area contributed by atoms with Gasteiger partial charge < -0.3 is 24.1 Å². The fourth-order valence-electron chi connectivity index (χ4n) is 3.94. The van der Waals surface area contributed by atoms with Crippen molar-refractivity contribution in [2.45, 2.75) is 64.7 Å². The maximum Gasteiger partial charge on any atom is 0.176 e. The number of H-pyrrole nitrogens is 1. The molecule has 0 atom stereocenters. The molecule has 0 bridgehead atoms. The maximum absolute atomic E-state index is 10.4. The van der Waals surface area contributed by atoms with Crippen LogP contribution >= 0.6 is 12.4 Å². The van der Waals surface area contributed by atoms with Crippen molar-refractivity contribution < 1.29 is 14.6 Å². The van der Waals surface area contributed by atoms with Gasteiger partial charge in [-0.05, 0) is 64.2 Å². The monoisotopic (exact) mass is 461 g/mol. The van der Waals surface area contributed by atoms with E-state index >= 15 is 0 Å². The first-order chi connectivity index (χ1) is 14.9. The third-order valence-electron chi connectivity index (χ3n) is 5.56. The molecule has 4 rings (SSSR count). The van der Waals surface area contributed by atoms with E-state index in [9.17, 15) is 5.11 Å². The lowest BCUT2D eigenvalue weighted by atomic mass is 10.1. The van der Waals surface area contributed by atoms with Crippen LogP contribution in [0.1, 0.15) is 57.8 Å². The Morgan fingerprint density at radius 3 is 2.66 bits per heavy atom. The molecule has 2 N–H and O–H groups in total. The van der Waals surface area contributed by atoms with Crippen LogP contribution in [-0.4, -0.2) is 44.4 Å². The molecule has 8 nitrogen and oxygen atoms in total. The first kappa shape index (κ1) is 24.1. The van der Waals surface area contributed by atoms with E-state index in [2.05, 4.69) is 19.9 Å². The van der Waals surface area contributed by atoms with Gasteiger partial charge in [0.2, 0.25) is 0 Å². The van der Waals surface area contributed by atoms with Crippen LogP contribution in [0.3, 0.4) is 0 Å². The summed E-state index contributed by atoms with van der Waals surface area (Å²) >= 11 is 0. The first-order valence-electron chi connectivity index (χ1n) is 10.9. The number of halogens is 1. The summed E-state index contributed by atoms with van der Waals surface area (Å²) in [5.74, 6) is 2.00. The molecule has 1 fully saturated rings. The van der Waals surface area contributed by atoms with Crippen molar-refractivity contribution in [1.29, 1.82) is 0 Å². The zero-order chi connectivity index (χ0) is 22.0. The van der Waals surface area contributed by atoms with Gasteiger partial charge in [0.05, 0.1) is 26.1 Å². The number of methoxy groups -OCH3 is 1. The molecule has 9 heteroatoms. The summed E-state index contributed by atoms with van der Waals surface area (Å²) in [6, 6.07) is 6.00. The highest BCUT2D eigenvalue weighted by Gasteiger charge is 2.23. The molecule has 0 unspecified atom stereocenters. The number of aliphatic hydroxyl groups is 1. The van der Waals surface area contributed by atoms with Crippen LogP contribution in [0.15, 0.2) is 29.5 Å². The number of aromatic nitrogens is 4. The van der Waals surface area contributed by atoms with Crippen LogP contribution < -0.4 is 15.0 Å². The molecular formula is C23H32ClN5O3. The molecule has 1 aliphatic carbocycles. The predicted molar refractivity (Wildman–Crippen MR) is 125 cm³/mol.